The van der Waals surface area contributed by atoms with E-state index in [1.807, 2.05) is 36.4 Å². The van der Waals surface area contributed by atoms with E-state index in [1.54, 1.807) is 12.4 Å². The monoisotopic (exact) mass is 739 g/mol. The predicted molar refractivity (Wildman–Crippen MR) is 201 cm³/mol. The number of phenolic OH excluding ortho intramolecular Hbond substituents is 2. The number of benzene rings is 4. The molecule has 2 N–H and O–H groups in total. The quantitative estimate of drug-likeness (QED) is 0.158. The second-order valence-electron chi connectivity index (χ2n) is 13.9. The Bertz CT molecular complexity index is 1690. The van der Waals surface area contributed by atoms with Gasteiger partial charge >= 0.3 is 16.8 Å². The van der Waals surface area contributed by atoms with Crippen LogP contribution < -0.4 is 10.2 Å². The number of hydrogen-bond acceptors (Lipinski definition) is 8. The molecule has 0 saturated carbocycles. The Morgan fingerprint density at radius 3 is 1.22 bits per heavy atom. The van der Waals surface area contributed by atoms with E-state index < -0.39 is 11.9 Å². The minimum Gasteiger partial charge on any atom is -0.550 e. The SMILES string of the molecule is CC(=O)[O-].CC(=O)[O-].CC(C)Cc1cc(C=Nc2cc3ccccc3cc2N=Cc2cc(CC(C)C)cc(C(C)C)c2O)c(O)c(C(C)C)c1.[Co+2]. The van der Waals surface area contributed by atoms with Crippen LogP contribution in [-0.2, 0) is 39.2 Å². The van der Waals surface area contributed by atoms with Crippen molar-refractivity contribution in [1.29, 1.82) is 0 Å². The topological polar surface area (TPSA) is 145 Å². The van der Waals surface area contributed by atoms with Crippen LogP contribution in [0.15, 0.2) is 70.6 Å². The molecule has 8 nitrogen and oxygen atoms in total. The third-order valence-corrected chi connectivity index (χ3v) is 7.52. The van der Waals surface area contributed by atoms with Gasteiger partial charge in [0.2, 0.25) is 0 Å². The van der Waals surface area contributed by atoms with Crippen LogP contribution >= 0.6 is 0 Å². The summed E-state index contributed by atoms with van der Waals surface area (Å²) < 4.78 is 0. The van der Waals surface area contributed by atoms with Crippen LogP contribution in [0.3, 0.4) is 0 Å². The first-order valence-electron chi connectivity index (χ1n) is 17.1. The number of rotatable bonds is 10. The number of fused-ring (bicyclic) bond motifs is 1. The molecule has 0 fully saturated rings. The number of carbonyl (C=O) groups is 2. The Balaban J connectivity index is 0.00000131. The minimum atomic E-state index is -1.08. The Kier molecular flexibility index (Phi) is 18.4. The molecule has 0 heterocycles. The van der Waals surface area contributed by atoms with Gasteiger partial charge in [-0.2, -0.15) is 0 Å². The van der Waals surface area contributed by atoms with Crippen molar-refractivity contribution in [3.05, 3.63) is 94.0 Å². The van der Waals surface area contributed by atoms with Crippen molar-refractivity contribution in [2.45, 2.75) is 93.9 Å². The van der Waals surface area contributed by atoms with Crippen molar-refractivity contribution in [3.8, 4) is 11.5 Å². The number of aliphatic imine (C=N–C) groups is 2. The first-order chi connectivity index (χ1) is 23.4. The smallest absolute Gasteiger partial charge is 0.550 e. The van der Waals surface area contributed by atoms with Crippen LogP contribution in [-0.4, -0.2) is 34.6 Å². The maximum atomic E-state index is 11.1. The van der Waals surface area contributed by atoms with Crippen molar-refractivity contribution in [2.75, 3.05) is 0 Å². The molecule has 0 aromatic heterocycles. The van der Waals surface area contributed by atoms with Gasteiger partial charge in [0.25, 0.3) is 0 Å². The molecule has 0 saturated heterocycles. The summed E-state index contributed by atoms with van der Waals surface area (Å²) in [7, 11) is 0. The number of carbonyl (C=O) groups excluding carboxylic acids is 2. The summed E-state index contributed by atoms with van der Waals surface area (Å²) in [4.78, 5) is 27.5. The summed E-state index contributed by atoms with van der Waals surface area (Å²) in [5.41, 5.74) is 7.08. The molecule has 4 aromatic rings. The summed E-state index contributed by atoms with van der Waals surface area (Å²) in [6.45, 7) is 19.2. The molecule has 9 heteroatoms. The van der Waals surface area contributed by atoms with Crippen molar-refractivity contribution in [2.24, 2.45) is 21.8 Å². The van der Waals surface area contributed by atoms with E-state index >= 15 is 0 Å². The maximum absolute atomic E-state index is 11.1. The molecule has 0 atom stereocenters. The zero-order valence-electron chi connectivity index (χ0n) is 31.4. The standard InChI is InChI=1S/C38H46N2O2.2C2H4O2.Co/c1-23(2)13-27-15-31(37(41)33(17-27)25(5)6)21-39-35-19-29-11-9-10-12-30(29)20-36(35)40-22-32-16-28(14-24(3)4)18-34(26(7)8)38(32)42;2*1-2(3)4;/h9-12,15-26,41-42H,13-14H2,1-8H3;2*1H3,(H,3,4);/q;;;+2/p-2. The summed E-state index contributed by atoms with van der Waals surface area (Å²) in [5.74, 6) is -0.208. The van der Waals surface area contributed by atoms with E-state index in [0.717, 1.165) is 48.6 Å². The van der Waals surface area contributed by atoms with Crippen molar-refractivity contribution in [3.63, 3.8) is 0 Å². The van der Waals surface area contributed by atoms with Crippen molar-refractivity contribution >= 4 is 46.5 Å². The molecule has 4 rings (SSSR count). The molecule has 0 unspecified atom stereocenters. The number of nitrogens with zero attached hydrogens (tertiary/aromatic N) is 2. The molecule has 0 aliphatic heterocycles. The van der Waals surface area contributed by atoms with Gasteiger partial charge in [-0.15, -0.1) is 0 Å². The van der Waals surface area contributed by atoms with Gasteiger partial charge in [-0.1, -0.05) is 91.8 Å². The molecular formula is C42H52CoN2O6. The second kappa shape index (κ2) is 21.0. The van der Waals surface area contributed by atoms with Crippen LogP contribution in [0.2, 0.25) is 0 Å². The number of phenols is 2. The molecule has 0 amide bonds. The van der Waals surface area contributed by atoms with Gasteiger partial charge in [-0.05, 0) is 108 Å². The average molecular weight is 740 g/mol. The molecular weight excluding hydrogens is 687 g/mol. The van der Waals surface area contributed by atoms with E-state index in [0.29, 0.717) is 34.3 Å². The fourth-order valence-corrected chi connectivity index (χ4v) is 5.45. The van der Waals surface area contributed by atoms with Gasteiger partial charge < -0.3 is 30.0 Å². The van der Waals surface area contributed by atoms with Gasteiger partial charge in [0, 0.05) is 35.5 Å². The van der Waals surface area contributed by atoms with Crippen LogP contribution in [0.5, 0.6) is 11.5 Å². The third-order valence-electron chi connectivity index (χ3n) is 7.52. The van der Waals surface area contributed by atoms with Crippen LogP contribution in [0.25, 0.3) is 10.8 Å². The van der Waals surface area contributed by atoms with E-state index in [9.17, 15) is 10.2 Å². The van der Waals surface area contributed by atoms with E-state index in [2.05, 4.69) is 79.7 Å². The van der Waals surface area contributed by atoms with E-state index in [1.165, 1.54) is 11.1 Å². The van der Waals surface area contributed by atoms with Crippen LogP contribution in [0.1, 0.15) is 114 Å². The van der Waals surface area contributed by atoms with E-state index in [-0.39, 0.29) is 40.1 Å². The van der Waals surface area contributed by atoms with Gasteiger partial charge in [0.1, 0.15) is 11.5 Å². The molecule has 0 bridgehead atoms. The van der Waals surface area contributed by atoms with Crippen molar-refractivity contribution < 1.29 is 46.8 Å². The summed E-state index contributed by atoms with van der Waals surface area (Å²) in [5, 5.41) is 42.2. The Labute approximate surface area is 313 Å². The van der Waals surface area contributed by atoms with Gasteiger partial charge in [-0.25, -0.2) is 0 Å². The first kappa shape index (κ1) is 44.5. The van der Waals surface area contributed by atoms with Gasteiger partial charge in [-0.3, -0.25) is 9.98 Å². The number of aliphatic carboxylic acids is 2. The molecule has 275 valence electrons. The molecule has 1 radical (unpaired) electrons. The number of aromatic hydroxyl groups is 2. The minimum absolute atomic E-state index is 0. The average Bonchev–Trinajstić information content (AvgIpc) is 2.99. The Hall–Kier alpha value is -4.47. The second-order valence-corrected chi connectivity index (χ2v) is 13.9. The molecule has 0 spiro atoms. The molecule has 51 heavy (non-hydrogen) atoms. The number of carboxylic acid groups (broad SMARTS) is 2. The third kappa shape index (κ3) is 14.7. The summed E-state index contributed by atoms with van der Waals surface area (Å²) >= 11 is 0. The van der Waals surface area contributed by atoms with Crippen molar-refractivity contribution in [1.82, 2.24) is 0 Å². The normalized spacial score (nSPS) is 11.2. The zero-order valence-corrected chi connectivity index (χ0v) is 32.4. The number of hydrogen-bond donors (Lipinski definition) is 2. The van der Waals surface area contributed by atoms with Gasteiger partial charge in [0.15, 0.2) is 0 Å². The predicted octanol–water partition coefficient (Wildman–Crippen LogP) is 7.91. The zero-order chi connectivity index (χ0) is 37.7. The number of carboxylic acids is 2. The summed E-state index contributed by atoms with van der Waals surface area (Å²) in [6.07, 6.45) is 5.38. The maximum Gasteiger partial charge on any atom is 2.00 e. The molecule has 0 aliphatic rings. The summed E-state index contributed by atoms with van der Waals surface area (Å²) in [6, 6.07) is 20.5. The Morgan fingerprint density at radius 1 is 0.627 bits per heavy atom. The van der Waals surface area contributed by atoms with E-state index in [4.69, 9.17) is 29.8 Å². The van der Waals surface area contributed by atoms with Gasteiger partial charge in [0.05, 0.1) is 11.4 Å². The fraction of sp³-hybridized carbons (Fsp3) is 0.381. The molecule has 0 aliphatic carbocycles. The van der Waals surface area contributed by atoms with Crippen LogP contribution in [0, 0.1) is 11.8 Å². The Morgan fingerprint density at radius 2 is 0.941 bits per heavy atom. The largest absolute Gasteiger partial charge is 2.00 e. The fourth-order valence-electron chi connectivity index (χ4n) is 5.45. The first-order valence-corrected chi connectivity index (χ1v) is 17.1. The molecule has 4 aromatic carbocycles. The van der Waals surface area contributed by atoms with Crippen LogP contribution in [0.4, 0.5) is 11.4 Å².